The van der Waals surface area contributed by atoms with Gasteiger partial charge in [-0.2, -0.15) is 0 Å². The van der Waals surface area contributed by atoms with Gasteiger partial charge in [-0.1, -0.05) is 0 Å². The smallest absolute Gasteiger partial charge is 0.410 e. The van der Waals surface area contributed by atoms with E-state index in [9.17, 15) is 43.5 Å². The average molecular weight is 1130 g/mol. The lowest BCUT2D eigenvalue weighted by Gasteiger charge is -2.34. The van der Waals surface area contributed by atoms with Gasteiger partial charge in [-0.3, -0.25) is 14.4 Å². The Labute approximate surface area is 476 Å². The maximum absolute atomic E-state index is 14.6. The van der Waals surface area contributed by atoms with Crippen LogP contribution >= 0.6 is 0 Å². The number of hydrogen-bond donors (Lipinski definition) is 1. The van der Waals surface area contributed by atoms with Gasteiger partial charge in [0.1, 0.15) is 28.0 Å². The van der Waals surface area contributed by atoms with Gasteiger partial charge < -0.3 is 68.0 Å². The van der Waals surface area contributed by atoms with Crippen molar-refractivity contribution in [3.8, 4) is 0 Å². The number of amides is 7. The van der Waals surface area contributed by atoms with Crippen LogP contribution in [0, 0.1) is 0 Å². The van der Waals surface area contributed by atoms with Gasteiger partial charge in [0.15, 0.2) is 0 Å². The summed E-state index contributed by atoms with van der Waals surface area (Å²) in [5, 5.41) is 9.29. The van der Waals surface area contributed by atoms with Gasteiger partial charge in [0, 0.05) is 116 Å². The minimum Gasteiger partial charge on any atom is -0.481 e. The summed E-state index contributed by atoms with van der Waals surface area (Å²) in [5.74, 6) is -1.55. The summed E-state index contributed by atoms with van der Waals surface area (Å²) in [6.45, 7) is 30.9. The van der Waals surface area contributed by atoms with Crippen molar-refractivity contribution in [1.82, 2.24) is 39.2 Å². The molecule has 2 heterocycles. The SMILES string of the molecule is CC(C)(C)OC(=O)N1CCCN(C(=O)OC(C)(C)C)CCN(C(=O)c2ccc(C(=O)N3CCCN(C(=O)OC(C)(C)C)CCN(C(=O)OC(C)(C)C)CCCN(C(=O)OC(C)(C)C)CC3)cc2)CCCN(CCCCC(=O)O)CC1. The van der Waals surface area contributed by atoms with Crippen molar-refractivity contribution >= 4 is 48.2 Å². The van der Waals surface area contributed by atoms with E-state index in [-0.39, 0.29) is 96.8 Å². The highest BCUT2D eigenvalue weighted by Gasteiger charge is 2.31. The maximum Gasteiger partial charge on any atom is 0.410 e. The predicted molar refractivity (Wildman–Crippen MR) is 304 cm³/mol. The number of carbonyl (C=O) groups excluding carboxylic acids is 7. The molecule has 0 bridgehead atoms. The third-order valence-corrected chi connectivity index (χ3v) is 12.4. The Kier molecular flexibility index (Phi) is 26.2. The molecule has 2 aliphatic heterocycles. The average Bonchev–Trinajstić information content (AvgIpc) is 3.30. The number of carbonyl (C=O) groups is 8. The van der Waals surface area contributed by atoms with E-state index in [1.54, 1.807) is 148 Å². The quantitative estimate of drug-likeness (QED) is 0.199. The summed E-state index contributed by atoms with van der Waals surface area (Å²) in [4.78, 5) is 122. The zero-order valence-electron chi connectivity index (χ0n) is 51.1. The predicted octanol–water partition coefficient (Wildman–Crippen LogP) is 8.90. The Morgan fingerprint density at radius 1 is 0.350 bits per heavy atom. The summed E-state index contributed by atoms with van der Waals surface area (Å²) in [7, 11) is 0. The zero-order valence-corrected chi connectivity index (χ0v) is 51.1. The fourth-order valence-corrected chi connectivity index (χ4v) is 8.63. The highest BCUT2D eigenvalue weighted by atomic mass is 16.6. The van der Waals surface area contributed by atoms with Crippen molar-refractivity contribution in [3.05, 3.63) is 35.4 Å². The molecule has 0 atom stereocenters. The van der Waals surface area contributed by atoms with Gasteiger partial charge in [-0.25, -0.2) is 24.0 Å². The minimum absolute atomic E-state index is 0.0387. The number of ether oxygens (including phenoxy) is 5. The summed E-state index contributed by atoms with van der Waals surface area (Å²) >= 11 is 0. The molecule has 0 unspecified atom stereocenters. The molecule has 22 nitrogen and oxygen atoms in total. The summed E-state index contributed by atoms with van der Waals surface area (Å²) in [6.07, 6.45) is -0.0101. The summed E-state index contributed by atoms with van der Waals surface area (Å²) in [5.41, 5.74) is -3.30. The molecule has 3 rings (SSSR count). The molecule has 0 aliphatic carbocycles. The second-order valence-corrected chi connectivity index (χ2v) is 25.6. The molecule has 2 saturated heterocycles. The van der Waals surface area contributed by atoms with Gasteiger partial charge in [0.05, 0.1) is 0 Å². The molecule has 454 valence electrons. The molecule has 2 fully saturated rings. The first-order valence-corrected chi connectivity index (χ1v) is 28.5. The molecule has 1 aromatic rings. The topological polar surface area (TPSA) is 229 Å². The lowest BCUT2D eigenvalue weighted by Crippen LogP contribution is -2.48. The normalized spacial score (nSPS) is 17.4. The van der Waals surface area contributed by atoms with Crippen LogP contribution in [0.15, 0.2) is 24.3 Å². The molecular formula is C58H98N8O14. The Morgan fingerprint density at radius 2 is 0.588 bits per heavy atom. The number of unbranched alkanes of at least 4 members (excludes halogenated alkanes) is 1. The zero-order chi connectivity index (χ0) is 60.2. The molecule has 0 saturated carbocycles. The number of aliphatic carboxylic acids is 1. The lowest BCUT2D eigenvalue weighted by molar-refractivity contribution is -0.137. The second kappa shape index (κ2) is 30.7. The van der Waals surface area contributed by atoms with Crippen LogP contribution in [-0.2, 0) is 28.5 Å². The van der Waals surface area contributed by atoms with Crippen LogP contribution in [0.3, 0.4) is 0 Å². The Bertz CT molecular complexity index is 2190. The number of hydrogen-bond acceptors (Lipinski definition) is 14. The van der Waals surface area contributed by atoms with Crippen molar-refractivity contribution in [1.29, 1.82) is 0 Å². The number of nitrogens with zero attached hydrogens (tertiary/aromatic N) is 8. The fourth-order valence-electron chi connectivity index (χ4n) is 8.63. The fraction of sp³-hybridized carbons (Fsp3) is 0.759. The van der Waals surface area contributed by atoms with E-state index in [0.29, 0.717) is 82.4 Å². The van der Waals surface area contributed by atoms with E-state index < -0.39 is 64.4 Å². The van der Waals surface area contributed by atoms with Gasteiger partial charge in [0.25, 0.3) is 11.8 Å². The second-order valence-electron chi connectivity index (χ2n) is 25.6. The lowest BCUT2D eigenvalue weighted by atomic mass is 10.1. The third kappa shape index (κ3) is 26.9. The van der Waals surface area contributed by atoms with E-state index >= 15 is 0 Å². The summed E-state index contributed by atoms with van der Waals surface area (Å²) < 4.78 is 28.9. The minimum atomic E-state index is -0.870. The molecule has 0 spiro atoms. The monoisotopic (exact) mass is 1130 g/mol. The highest BCUT2D eigenvalue weighted by Crippen LogP contribution is 2.20. The van der Waals surface area contributed by atoms with E-state index in [1.165, 1.54) is 14.7 Å². The first kappa shape index (κ1) is 68.2. The first-order chi connectivity index (χ1) is 37.0. The highest BCUT2D eigenvalue weighted by molar-refractivity contribution is 5.98. The largest absolute Gasteiger partial charge is 0.481 e. The Hall–Kier alpha value is -6.06. The van der Waals surface area contributed by atoms with Crippen LogP contribution in [-0.4, -0.2) is 232 Å². The van der Waals surface area contributed by atoms with Crippen molar-refractivity contribution in [3.63, 3.8) is 0 Å². The van der Waals surface area contributed by atoms with Crippen molar-refractivity contribution in [2.45, 2.75) is 177 Å². The number of rotatable bonds is 7. The van der Waals surface area contributed by atoms with Gasteiger partial charge in [-0.15, -0.1) is 0 Å². The number of carboxylic acid groups (broad SMARTS) is 1. The number of benzene rings is 1. The molecule has 1 aromatic carbocycles. The van der Waals surface area contributed by atoms with Crippen LogP contribution in [0.25, 0.3) is 0 Å². The molecule has 1 N–H and O–H groups in total. The maximum atomic E-state index is 14.6. The van der Waals surface area contributed by atoms with Crippen LogP contribution < -0.4 is 0 Å². The van der Waals surface area contributed by atoms with Crippen LogP contribution in [0.5, 0.6) is 0 Å². The number of carboxylic acids is 1. The van der Waals surface area contributed by atoms with Crippen molar-refractivity contribution in [2.75, 3.05) is 111 Å². The van der Waals surface area contributed by atoms with E-state index in [1.807, 2.05) is 0 Å². The molecule has 22 heteroatoms. The molecular weight excluding hydrogens is 1030 g/mol. The summed E-state index contributed by atoms with van der Waals surface area (Å²) in [6, 6.07) is 6.39. The van der Waals surface area contributed by atoms with E-state index in [2.05, 4.69) is 4.90 Å². The Morgan fingerprint density at radius 3 is 0.850 bits per heavy atom. The van der Waals surface area contributed by atoms with Gasteiger partial charge >= 0.3 is 36.4 Å². The molecule has 2 aliphatic rings. The van der Waals surface area contributed by atoms with Gasteiger partial charge in [0.2, 0.25) is 0 Å². The molecule has 7 amide bonds. The van der Waals surface area contributed by atoms with E-state index in [0.717, 1.165) is 0 Å². The van der Waals surface area contributed by atoms with Gasteiger partial charge in [-0.05, 0) is 180 Å². The van der Waals surface area contributed by atoms with Crippen molar-refractivity contribution < 1.29 is 67.1 Å². The van der Waals surface area contributed by atoms with E-state index in [4.69, 9.17) is 23.7 Å². The first-order valence-electron chi connectivity index (χ1n) is 28.5. The third-order valence-electron chi connectivity index (χ3n) is 12.4. The molecule has 0 radical (unpaired) electrons. The molecule has 0 aromatic heterocycles. The van der Waals surface area contributed by atoms with Crippen LogP contribution in [0.4, 0.5) is 24.0 Å². The van der Waals surface area contributed by atoms with Crippen LogP contribution in [0.2, 0.25) is 0 Å². The molecule has 80 heavy (non-hydrogen) atoms. The Balaban J connectivity index is 1.97. The van der Waals surface area contributed by atoms with Crippen molar-refractivity contribution in [2.24, 2.45) is 0 Å². The standard InChI is InChI=1S/C58H98N8O14/c1-54(2,3)76-49(71)62-32-20-33-63(50(72)77-55(4,5)6)40-38-60(29-18-28-59(36-37-62)27-17-16-22-46(67)68)47(69)44-23-25-45(26-24-44)48(70)61-30-19-31-65(52(74)79-57(10,11)12)42-43-66(53(75)80-58(13,14)15)35-21-34-64(41-39-61)51(73)78-56(7,8)9/h23-26H,16-22,27-43H2,1-15H3,(H,67,68). The van der Waals surface area contributed by atoms with Crippen LogP contribution in [0.1, 0.15) is 170 Å².